The summed E-state index contributed by atoms with van der Waals surface area (Å²) >= 11 is 0. The Morgan fingerprint density at radius 3 is 1.38 bits per heavy atom. The number of para-hydroxylation sites is 2. The van der Waals surface area contributed by atoms with Gasteiger partial charge in [0.2, 0.25) is 0 Å². The number of hydrogen-bond acceptors (Lipinski definition) is 5. The third kappa shape index (κ3) is 6.24. The number of benzene rings is 10. The lowest BCUT2D eigenvalue weighted by Crippen LogP contribution is -2.00. The van der Waals surface area contributed by atoms with Crippen LogP contribution in [0.1, 0.15) is 0 Å². The van der Waals surface area contributed by atoms with E-state index in [2.05, 4.69) is 158 Å². The summed E-state index contributed by atoms with van der Waals surface area (Å²) in [6, 6.07) is 76.4. The maximum absolute atomic E-state index is 6.44. The summed E-state index contributed by atoms with van der Waals surface area (Å²) in [5.74, 6) is 1.86. The van der Waals surface area contributed by atoms with E-state index in [-0.39, 0.29) is 0 Å². The van der Waals surface area contributed by atoms with Crippen molar-refractivity contribution in [3.05, 3.63) is 218 Å². The van der Waals surface area contributed by atoms with Crippen LogP contribution < -0.4 is 0 Å². The number of pyridine rings is 1. The van der Waals surface area contributed by atoms with Crippen LogP contribution in [-0.2, 0) is 0 Å². The monoisotopic (exact) mass is 828 g/mol. The molecule has 0 N–H and O–H groups in total. The quantitative estimate of drug-likeness (QED) is 0.156. The van der Waals surface area contributed by atoms with Crippen molar-refractivity contribution in [2.75, 3.05) is 0 Å². The van der Waals surface area contributed by atoms with Crippen LogP contribution >= 0.6 is 0 Å². The topological polar surface area (TPSA) is 64.7 Å². The zero-order valence-electron chi connectivity index (χ0n) is 35.0. The summed E-state index contributed by atoms with van der Waals surface area (Å²) in [6.07, 6.45) is 0. The Kier molecular flexibility index (Phi) is 8.46. The maximum Gasteiger partial charge on any atom is 0.164 e. The molecule has 5 heteroatoms. The third-order valence-corrected chi connectivity index (χ3v) is 12.7. The molecular weight excluding hydrogens is 793 g/mol. The van der Waals surface area contributed by atoms with Crippen LogP contribution in [-0.4, -0.2) is 19.9 Å². The Morgan fingerprint density at radius 2 is 0.708 bits per heavy atom. The summed E-state index contributed by atoms with van der Waals surface area (Å²) in [4.78, 5) is 20.4. The predicted octanol–water partition coefficient (Wildman–Crippen LogP) is 15.8. The fourth-order valence-electron chi connectivity index (χ4n) is 9.53. The van der Waals surface area contributed by atoms with Gasteiger partial charge in [0.15, 0.2) is 17.5 Å². The second-order valence-corrected chi connectivity index (χ2v) is 16.5. The summed E-state index contributed by atoms with van der Waals surface area (Å²) in [5.41, 5.74) is 11.8. The number of hydrogen-bond donors (Lipinski definition) is 0. The fourth-order valence-corrected chi connectivity index (χ4v) is 9.53. The molecule has 0 spiro atoms. The summed E-state index contributed by atoms with van der Waals surface area (Å²) < 4.78 is 6.44. The van der Waals surface area contributed by atoms with Gasteiger partial charge in [-0.1, -0.05) is 188 Å². The van der Waals surface area contributed by atoms with E-state index in [1.54, 1.807) is 0 Å². The van der Waals surface area contributed by atoms with E-state index in [9.17, 15) is 0 Å². The van der Waals surface area contributed by atoms with Gasteiger partial charge in [0, 0.05) is 33.0 Å². The first-order valence-corrected chi connectivity index (χ1v) is 21.9. The van der Waals surface area contributed by atoms with E-state index >= 15 is 0 Å². The molecule has 0 saturated carbocycles. The summed E-state index contributed by atoms with van der Waals surface area (Å²) in [5, 5.41) is 10.6. The highest BCUT2D eigenvalue weighted by molar-refractivity contribution is 6.26. The number of fused-ring (bicyclic) bond motifs is 11. The molecule has 3 aromatic heterocycles. The highest BCUT2D eigenvalue weighted by Crippen LogP contribution is 2.41. The average Bonchev–Trinajstić information content (AvgIpc) is 3.79. The maximum atomic E-state index is 6.44. The number of nitrogens with zero attached hydrogens (tertiary/aromatic N) is 4. The first-order chi connectivity index (χ1) is 32.2. The van der Waals surface area contributed by atoms with Gasteiger partial charge >= 0.3 is 0 Å². The zero-order chi connectivity index (χ0) is 42.8. The Morgan fingerprint density at radius 1 is 0.262 bits per heavy atom. The second-order valence-electron chi connectivity index (χ2n) is 16.5. The molecule has 5 nitrogen and oxygen atoms in total. The van der Waals surface area contributed by atoms with Gasteiger partial charge in [-0.25, -0.2) is 19.9 Å². The molecule has 0 saturated heterocycles. The van der Waals surface area contributed by atoms with Gasteiger partial charge in [-0.15, -0.1) is 0 Å². The van der Waals surface area contributed by atoms with Crippen LogP contribution in [0.2, 0.25) is 0 Å². The van der Waals surface area contributed by atoms with E-state index in [1.165, 1.54) is 32.3 Å². The van der Waals surface area contributed by atoms with Crippen LogP contribution in [0.5, 0.6) is 0 Å². The van der Waals surface area contributed by atoms with Crippen LogP contribution in [0.15, 0.2) is 223 Å². The number of rotatable bonds is 6. The van der Waals surface area contributed by atoms with Gasteiger partial charge < -0.3 is 4.42 Å². The molecule has 13 rings (SSSR count). The van der Waals surface area contributed by atoms with Crippen molar-refractivity contribution in [2.24, 2.45) is 0 Å². The Bertz CT molecular complexity index is 3950. The molecule has 65 heavy (non-hydrogen) atoms. The molecule has 302 valence electrons. The molecule has 3 heterocycles. The predicted molar refractivity (Wildman–Crippen MR) is 268 cm³/mol. The highest BCUT2D eigenvalue weighted by Gasteiger charge is 2.19. The normalized spacial score (nSPS) is 11.7. The van der Waals surface area contributed by atoms with Crippen molar-refractivity contribution in [3.8, 4) is 67.7 Å². The minimum atomic E-state index is 0.615. The third-order valence-electron chi connectivity index (χ3n) is 12.7. The van der Waals surface area contributed by atoms with Crippen LogP contribution in [0.25, 0.3) is 133 Å². The first kappa shape index (κ1) is 36.8. The summed E-state index contributed by atoms with van der Waals surface area (Å²) in [6.45, 7) is 0. The van der Waals surface area contributed by atoms with Crippen molar-refractivity contribution in [1.29, 1.82) is 0 Å². The van der Waals surface area contributed by atoms with Crippen molar-refractivity contribution in [3.63, 3.8) is 0 Å². The van der Waals surface area contributed by atoms with Gasteiger partial charge in [0.1, 0.15) is 11.2 Å². The molecule has 0 aliphatic carbocycles. The average molecular weight is 829 g/mol. The van der Waals surface area contributed by atoms with E-state index in [1.807, 2.05) is 60.7 Å². The van der Waals surface area contributed by atoms with Gasteiger partial charge in [-0.05, 0) is 84.9 Å². The molecule has 10 aromatic carbocycles. The second kappa shape index (κ2) is 14.9. The molecule has 0 aliphatic heterocycles. The van der Waals surface area contributed by atoms with E-state index in [0.29, 0.717) is 17.5 Å². The molecule has 0 amide bonds. The molecule has 0 radical (unpaired) electrons. The Balaban J connectivity index is 0.859. The molecule has 0 bridgehead atoms. The smallest absolute Gasteiger partial charge is 0.164 e. The molecule has 0 unspecified atom stereocenters. The van der Waals surface area contributed by atoms with Crippen molar-refractivity contribution < 1.29 is 4.42 Å². The van der Waals surface area contributed by atoms with Gasteiger partial charge in [0.25, 0.3) is 0 Å². The molecular formula is C60H36N4O. The minimum absolute atomic E-state index is 0.615. The molecule has 0 aliphatic rings. The number of aromatic nitrogens is 4. The van der Waals surface area contributed by atoms with Gasteiger partial charge in [-0.3, -0.25) is 0 Å². The number of furan rings is 1. The SMILES string of the molecule is c1ccc(-c2nc(-c3ccc(-c4ccc(-c5nc6ccccc6c6oc7ccccc7c56)cc4)cc3)nc(-c3cccc(-c4ccc5c6ccccc6c6ccccc6c5c4)c3)n2)cc1. The zero-order valence-corrected chi connectivity index (χ0v) is 35.0. The molecule has 0 fully saturated rings. The van der Waals surface area contributed by atoms with E-state index < -0.39 is 0 Å². The van der Waals surface area contributed by atoms with Crippen molar-refractivity contribution >= 4 is 65.2 Å². The van der Waals surface area contributed by atoms with Crippen LogP contribution in [0.4, 0.5) is 0 Å². The Hall–Kier alpha value is -8.80. The van der Waals surface area contributed by atoms with Gasteiger partial charge in [0.05, 0.1) is 16.6 Å². The lowest BCUT2D eigenvalue weighted by Gasteiger charge is -2.13. The Labute approximate surface area is 374 Å². The molecule has 0 atom stereocenters. The van der Waals surface area contributed by atoms with Crippen LogP contribution in [0, 0.1) is 0 Å². The molecule has 13 aromatic rings. The van der Waals surface area contributed by atoms with Crippen molar-refractivity contribution in [2.45, 2.75) is 0 Å². The largest absolute Gasteiger partial charge is 0.455 e. The van der Waals surface area contributed by atoms with Crippen LogP contribution in [0.3, 0.4) is 0 Å². The van der Waals surface area contributed by atoms with Crippen molar-refractivity contribution in [1.82, 2.24) is 19.9 Å². The van der Waals surface area contributed by atoms with Gasteiger partial charge in [-0.2, -0.15) is 0 Å². The van der Waals surface area contributed by atoms with E-state index in [4.69, 9.17) is 24.4 Å². The van der Waals surface area contributed by atoms with E-state index in [0.717, 1.165) is 83.0 Å². The standard InChI is InChI=1S/C60H36N4O/c1-2-13-40(14-3-1)58-62-59(64-60(63-58)44-16-12-15-42(35-44)43-33-34-49-47-19-5-4-17-45(47)46-18-6-7-20-48(46)52(49)36-43)41-31-27-38(28-32-41)37-25-29-39(30-26-37)56-55-51-22-9-11-24-54(51)65-57(55)50-21-8-10-23-53(50)61-56/h1-36H. The highest BCUT2D eigenvalue weighted by atomic mass is 16.3. The minimum Gasteiger partial charge on any atom is -0.455 e. The lowest BCUT2D eigenvalue weighted by atomic mass is 9.92. The fraction of sp³-hybridized carbons (Fsp3) is 0. The summed E-state index contributed by atoms with van der Waals surface area (Å²) in [7, 11) is 0. The lowest BCUT2D eigenvalue weighted by molar-refractivity contribution is 0.672. The first-order valence-electron chi connectivity index (χ1n) is 21.9.